The molecule has 17 heavy (non-hydrogen) atoms. The van der Waals surface area contributed by atoms with Gasteiger partial charge in [0.1, 0.15) is 5.82 Å². The topological polar surface area (TPSA) is 90.3 Å². The molecule has 1 fully saturated rings. The van der Waals surface area contributed by atoms with Gasteiger partial charge in [0.05, 0.1) is 12.3 Å². The molecule has 4 N–H and O–H groups in total. The minimum atomic E-state index is 0.214. The number of piperidine rings is 1. The highest BCUT2D eigenvalue weighted by molar-refractivity contribution is 5.44. The molecule has 1 aromatic heterocycles. The fourth-order valence-corrected chi connectivity index (χ4v) is 2.10. The number of nitrogens with two attached hydrogens (primary N) is 2. The Morgan fingerprint density at radius 1 is 1.53 bits per heavy atom. The first-order chi connectivity index (χ1) is 8.19. The van der Waals surface area contributed by atoms with Gasteiger partial charge in [-0.05, 0) is 12.8 Å². The first-order valence-electron chi connectivity index (χ1n) is 5.82. The van der Waals surface area contributed by atoms with E-state index in [-0.39, 0.29) is 12.0 Å². The van der Waals surface area contributed by atoms with Crippen molar-refractivity contribution in [3.05, 3.63) is 11.8 Å². The zero-order valence-electron chi connectivity index (χ0n) is 10.1. The molecule has 6 nitrogen and oxygen atoms in total. The lowest BCUT2D eigenvalue weighted by Crippen LogP contribution is -2.43. The normalized spacial score (nSPS) is 20.6. The van der Waals surface area contributed by atoms with E-state index in [0.717, 1.165) is 37.4 Å². The van der Waals surface area contributed by atoms with Crippen LogP contribution in [0.5, 0.6) is 0 Å². The largest absolute Gasteiger partial charge is 0.378 e. The molecule has 0 saturated carbocycles. The third kappa shape index (κ3) is 3.04. The number of rotatable bonds is 3. The van der Waals surface area contributed by atoms with Crippen LogP contribution >= 0.6 is 0 Å². The summed E-state index contributed by atoms with van der Waals surface area (Å²) in [4.78, 5) is 10.5. The number of hydrogen-bond acceptors (Lipinski definition) is 6. The van der Waals surface area contributed by atoms with Crippen LogP contribution in [0.2, 0.25) is 0 Å². The molecular formula is C11H19N5O. The maximum absolute atomic E-state index is 5.96. The molecule has 0 aromatic carbocycles. The number of methoxy groups -OCH3 is 1. The second-order valence-electron chi connectivity index (χ2n) is 4.36. The monoisotopic (exact) mass is 237 g/mol. The molecule has 1 aromatic rings. The molecular weight excluding hydrogens is 218 g/mol. The molecule has 0 radical (unpaired) electrons. The lowest BCUT2D eigenvalue weighted by Gasteiger charge is -2.31. The first-order valence-corrected chi connectivity index (χ1v) is 5.82. The molecule has 0 amide bonds. The highest BCUT2D eigenvalue weighted by Crippen LogP contribution is 2.19. The van der Waals surface area contributed by atoms with Crippen LogP contribution in [0.4, 0.5) is 11.8 Å². The SMILES string of the molecule is COCc1cc(N2CCCC(N)C2)nc(N)n1. The van der Waals surface area contributed by atoms with Crippen molar-refractivity contribution in [3.63, 3.8) is 0 Å². The van der Waals surface area contributed by atoms with E-state index in [1.165, 1.54) is 0 Å². The zero-order chi connectivity index (χ0) is 12.3. The van der Waals surface area contributed by atoms with E-state index in [1.807, 2.05) is 6.07 Å². The van der Waals surface area contributed by atoms with E-state index >= 15 is 0 Å². The van der Waals surface area contributed by atoms with Gasteiger partial charge in [-0.1, -0.05) is 0 Å². The predicted octanol–water partition coefficient (Wildman–Crippen LogP) is 0.133. The Balaban J connectivity index is 2.18. The van der Waals surface area contributed by atoms with Crippen molar-refractivity contribution in [2.24, 2.45) is 5.73 Å². The molecule has 0 spiro atoms. The van der Waals surface area contributed by atoms with E-state index in [9.17, 15) is 0 Å². The number of anilines is 2. The standard InChI is InChI=1S/C11H19N5O/c1-17-7-9-5-10(15-11(13)14-9)16-4-2-3-8(12)6-16/h5,8H,2-4,6-7,12H2,1H3,(H2,13,14,15). The molecule has 1 aliphatic rings. The van der Waals surface area contributed by atoms with E-state index in [4.69, 9.17) is 16.2 Å². The van der Waals surface area contributed by atoms with Gasteiger partial charge >= 0.3 is 0 Å². The Labute approximate surface area is 101 Å². The quantitative estimate of drug-likeness (QED) is 0.776. The van der Waals surface area contributed by atoms with Crippen molar-refractivity contribution in [1.82, 2.24) is 9.97 Å². The maximum Gasteiger partial charge on any atom is 0.222 e. The van der Waals surface area contributed by atoms with Gasteiger partial charge in [-0.15, -0.1) is 0 Å². The van der Waals surface area contributed by atoms with Gasteiger partial charge in [0, 0.05) is 32.3 Å². The number of aromatic nitrogens is 2. The van der Waals surface area contributed by atoms with Gasteiger partial charge in [-0.3, -0.25) is 0 Å². The molecule has 2 rings (SSSR count). The Morgan fingerprint density at radius 2 is 2.35 bits per heavy atom. The van der Waals surface area contributed by atoms with Crippen LogP contribution in [0.1, 0.15) is 18.5 Å². The summed E-state index contributed by atoms with van der Waals surface area (Å²) in [5.74, 6) is 1.13. The van der Waals surface area contributed by atoms with Gasteiger partial charge in [0.2, 0.25) is 5.95 Å². The second-order valence-corrected chi connectivity index (χ2v) is 4.36. The summed E-state index contributed by atoms with van der Waals surface area (Å²) in [6.45, 7) is 2.24. The van der Waals surface area contributed by atoms with Crippen LogP contribution < -0.4 is 16.4 Å². The average molecular weight is 237 g/mol. The highest BCUT2D eigenvalue weighted by atomic mass is 16.5. The van der Waals surface area contributed by atoms with Gasteiger partial charge in [-0.25, -0.2) is 4.98 Å². The smallest absolute Gasteiger partial charge is 0.222 e. The molecule has 1 saturated heterocycles. The Hall–Kier alpha value is -1.40. The number of ether oxygens (including phenoxy) is 1. The van der Waals surface area contributed by atoms with Crippen LogP contribution in [0.15, 0.2) is 6.07 Å². The van der Waals surface area contributed by atoms with E-state index < -0.39 is 0 Å². The Kier molecular flexibility index (Phi) is 3.75. The Bertz CT molecular complexity index is 384. The highest BCUT2D eigenvalue weighted by Gasteiger charge is 2.18. The third-order valence-electron chi connectivity index (χ3n) is 2.86. The number of nitrogen functional groups attached to an aromatic ring is 1. The minimum absolute atomic E-state index is 0.214. The van der Waals surface area contributed by atoms with Crippen LogP contribution in [-0.2, 0) is 11.3 Å². The second kappa shape index (κ2) is 5.29. The fraction of sp³-hybridized carbons (Fsp3) is 0.636. The number of nitrogens with zero attached hydrogens (tertiary/aromatic N) is 3. The van der Waals surface area contributed by atoms with E-state index in [0.29, 0.717) is 6.61 Å². The van der Waals surface area contributed by atoms with Crippen LogP contribution in [0.3, 0.4) is 0 Å². The third-order valence-corrected chi connectivity index (χ3v) is 2.86. The molecule has 6 heteroatoms. The molecule has 2 heterocycles. The van der Waals surface area contributed by atoms with Crippen molar-refractivity contribution in [3.8, 4) is 0 Å². The van der Waals surface area contributed by atoms with Gasteiger partial charge in [0.15, 0.2) is 0 Å². The van der Waals surface area contributed by atoms with Crippen molar-refractivity contribution in [1.29, 1.82) is 0 Å². The van der Waals surface area contributed by atoms with Gasteiger partial charge in [0.25, 0.3) is 0 Å². The van der Waals surface area contributed by atoms with Crippen molar-refractivity contribution >= 4 is 11.8 Å². The number of hydrogen-bond donors (Lipinski definition) is 2. The van der Waals surface area contributed by atoms with Crippen molar-refractivity contribution < 1.29 is 4.74 Å². The summed E-state index contributed by atoms with van der Waals surface area (Å²) in [6.07, 6.45) is 2.16. The van der Waals surface area contributed by atoms with E-state index in [2.05, 4.69) is 14.9 Å². The lowest BCUT2D eigenvalue weighted by molar-refractivity contribution is 0.181. The summed E-state index contributed by atoms with van der Waals surface area (Å²) in [7, 11) is 1.63. The Morgan fingerprint density at radius 3 is 3.06 bits per heavy atom. The predicted molar refractivity (Wildman–Crippen MR) is 66.6 cm³/mol. The summed E-state index contributed by atoms with van der Waals surface area (Å²) in [6, 6.07) is 2.13. The van der Waals surface area contributed by atoms with Gasteiger partial charge < -0.3 is 21.1 Å². The maximum atomic E-state index is 5.96. The molecule has 1 atom stereocenters. The minimum Gasteiger partial charge on any atom is -0.378 e. The fourth-order valence-electron chi connectivity index (χ4n) is 2.10. The van der Waals surface area contributed by atoms with E-state index in [1.54, 1.807) is 7.11 Å². The molecule has 0 bridgehead atoms. The summed E-state index contributed by atoms with van der Waals surface area (Å²) in [5, 5.41) is 0. The summed E-state index contributed by atoms with van der Waals surface area (Å²) < 4.78 is 5.06. The summed E-state index contributed by atoms with van der Waals surface area (Å²) in [5.41, 5.74) is 12.5. The zero-order valence-corrected chi connectivity index (χ0v) is 10.1. The summed E-state index contributed by atoms with van der Waals surface area (Å²) >= 11 is 0. The first kappa shape index (κ1) is 12.1. The average Bonchev–Trinajstić information content (AvgIpc) is 2.28. The van der Waals surface area contributed by atoms with Crippen molar-refractivity contribution in [2.45, 2.75) is 25.5 Å². The van der Waals surface area contributed by atoms with Crippen LogP contribution in [0.25, 0.3) is 0 Å². The molecule has 94 valence electrons. The van der Waals surface area contributed by atoms with Crippen molar-refractivity contribution in [2.75, 3.05) is 30.8 Å². The van der Waals surface area contributed by atoms with Gasteiger partial charge in [-0.2, -0.15) is 4.98 Å². The molecule has 1 aliphatic heterocycles. The lowest BCUT2D eigenvalue weighted by atomic mass is 10.1. The van der Waals surface area contributed by atoms with Crippen LogP contribution in [0, 0.1) is 0 Å². The van der Waals surface area contributed by atoms with Crippen LogP contribution in [-0.4, -0.2) is 36.2 Å². The molecule has 1 unspecified atom stereocenters. The molecule has 0 aliphatic carbocycles.